The van der Waals surface area contributed by atoms with Gasteiger partial charge in [0.05, 0.1) is 0 Å². The van der Waals surface area contributed by atoms with E-state index in [1.165, 1.54) is 81.4 Å². The summed E-state index contributed by atoms with van der Waals surface area (Å²) in [6.07, 6.45) is 23.1. The minimum absolute atomic E-state index is 0.444. The van der Waals surface area contributed by atoms with Crippen LogP contribution in [-0.4, -0.2) is 0 Å². The van der Waals surface area contributed by atoms with Crippen molar-refractivity contribution in [1.82, 2.24) is 0 Å². The Bertz CT molecular complexity index is 1140. The van der Waals surface area contributed by atoms with Gasteiger partial charge in [-0.2, -0.15) is 0 Å². The van der Waals surface area contributed by atoms with E-state index < -0.39 is 0 Å². The van der Waals surface area contributed by atoms with Crippen molar-refractivity contribution in [1.29, 1.82) is 0 Å². The molecule has 1 heterocycles. The smallest absolute Gasteiger partial charge is 0.176 e. The van der Waals surface area contributed by atoms with Gasteiger partial charge in [0.2, 0.25) is 0 Å². The Balaban J connectivity index is 1.18. The molecule has 200 valence electrons. The summed E-state index contributed by atoms with van der Waals surface area (Å²) in [6.45, 7) is 12.8. The highest BCUT2D eigenvalue weighted by atomic mass is 15.0. The van der Waals surface area contributed by atoms with Crippen LogP contribution in [0.3, 0.4) is 0 Å². The first-order valence-corrected chi connectivity index (χ1v) is 15.9. The molecule has 37 heavy (non-hydrogen) atoms. The highest BCUT2D eigenvalue weighted by Gasteiger charge is 2.59. The summed E-state index contributed by atoms with van der Waals surface area (Å²) in [5, 5.41) is 2.73. The minimum atomic E-state index is 0.444. The normalized spacial score (nSPS) is 38.1. The lowest BCUT2D eigenvalue weighted by atomic mass is 9.47. The molecule has 0 spiro atoms. The molecule has 1 nitrogen and oxygen atoms in total. The zero-order valence-corrected chi connectivity index (χ0v) is 24.4. The topological polar surface area (TPSA) is 3.88 Å². The molecule has 0 unspecified atom stereocenters. The summed E-state index contributed by atoms with van der Waals surface area (Å²) in [7, 11) is 0. The standard InChI is InChI=1S/C36H52N/c1-25(2)9-8-10-26(3)32-15-16-33-31-14-13-29-23-30(37-22-19-27-11-6-7-12-28(27)24-37)17-20-35(29,4)34(31)18-21-36(32,33)5/h6-7,11-13,19,22,24-26,30-34H,8-10,14-18,20-21,23H2,1-5H3/q+1/t26-,30+,31-,32+,33-,34-,35-,36+/m0/s1. The molecular weight excluding hydrogens is 446 g/mol. The molecule has 3 saturated carbocycles. The van der Waals surface area contributed by atoms with Crippen LogP contribution in [0, 0.1) is 46.3 Å². The van der Waals surface area contributed by atoms with Crippen LogP contribution in [0.2, 0.25) is 0 Å². The number of rotatable bonds is 6. The molecule has 3 fully saturated rings. The van der Waals surface area contributed by atoms with Gasteiger partial charge in [0.1, 0.15) is 0 Å². The van der Waals surface area contributed by atoms with Gasteiger partial charge >= 0.3 is 0 Å². The van der Waals surface area contributed by atoms with Gasteiger partial charge < -0.3 is 0 Å². The molecule has 1 aromatic heterocycles. The van der Waals surface area contributed by atoms with Crippen LogP contribution in [0.5, 0.6) is 0 Å². The zero-order chi connectivity index (χ0) is 25.8. The van der Waals surface area contributed by atoms with E-state index in [4.69, 9.17) is 0 Å². The third-order valence-electron chi connectivity index (χ3n) is 12.4. The quantitative estimate of drug-likeness (QED) is 0.276. The van der Waals surface area contributed by atoms with E-state index in [2.05, 4.69) is 88.0 Å². The molecule has 2 aromatic rings. The van der Waals surface area contributed by atoms with Crippen molar-refractivity contribution in [2.75, 3.05) is 0 Å². The van der Waals surface area contributed by atoms with E-state index in [0.717, 1.165) is 35.5 Å². The number of nitrogens with zero attached hydrogens (tertiary/aromatic N) is 1. The molecule has 6 rings (SSSR count). The zero-order valence-electron chi connectivity index (χ0n) is 24.4. The van der Waals surface area contributed by atoms with E-state index in [-0.39, 0.29) is 0 Å². The molecule has 1 heteroatoms. The first-order chi connectivity index (χ1) is 17.8. The molecule has 4 aliphatic rings. The Morgan fingerprint density at radius 2 is 1.70 bits per heavy atom. The first kappa shape index (κ1) is 25.6. The summed E-state index contributed by atoms with van der Waals surface area (Å²) in [4.78, 5) is 0. The molecule has 0 radical (unpaired) electrons. The number of allylic oxidation sites excluding steroid dienone is 2. The SMILES string of the molecule is CC(C)CCC[C@H](C)[C@H]1CC[C@H]2[C@@H]3CC=C4C[C@H]([n+]5ccc6ccccc6c5)CC[C@]4(C)[C@H]3CC[C@]12C. The fourth-order valence-corrected chi connectivity index (χ4v) is 10.3. The molecule has 0 aliphatic heterocycles. The van der Waals surface area contributed by atoms with Gasteiger partial charge in [-0.05, 0) is 96.3 Å². The van der Waals surface area contributed by atoms with Crippen molar-refractivity contribution in [3.05, 3.63) is 54.4 Å². The summed E-state index contributed by atoms with van der Waals surface area (Å²) < 4.78 is 2.54. The van der Waals surface area contributed by atoms with Crippen LogP contribution < -0.4 is 4.57 Å². The average Bonchev–Trinajstić information content (AvgIpc) is 3.25. The van der Waals surface area contributed by atoms with Gasteiger partial charge in [0.15, 0.2) is 18.4 Å². The van der Waals surface area contributed by atoms with Gasteiger partial charge in [-0.25, -0.2) is 4.57 Å². The summed E-state index contributed by atoms with van der Waals surface area (Å²) >= 11 is 0. The Labute approximate surface area is 227 Å². The molecular formula is C36H52N+. The highest BCUT2D eigenvalue weighted by Crippen LogP contribution is 2.67. The van der Waals surface area contributed by atoms with E-state index in [0.29, 0.717) is 16.9 Å². The van der Waals surface area contributed by atoms with Crippen molar-refractivity contribution in [2.45, 2.75) is 111 Å². The Morgan fingerprint density at radius 1 is 0.892 bits per heavy atom. The van der Waals surface area contributed by atoms with Crippen molar-refractivity contribution in [2.24, 2.45) is 46.3 Å². The second kappa shape index (κ2) is 9.84. The third kappa shape index (κ3) is 4.41. The van der Waals surface area contributed by atoms with Crippen LogP contribution in [0.4, 0.5) is 0 Å². The number of benzene rings is 1. The molecule has 0 N–H and O–H groups in total. The monoisotopic (exact) mass is 498 g/mol. The molecule has 0 amide bonds. The van der Waals surface area contributed by atoms with Crippen LogP contribution in [0.15, 0.2) is 54.4 Å². The maximum absolute atomic E-state index is 2.76. The lowest BCUT2D eigenvalue weighted by Crippen LogP contribution is -2.52. The molecule has 4 aliphatic carbocycles. The Hall–Kier alpha value is -1.63. The third-order valence-corrected chi connectivity index (χ3v) is 12.4. The summed E-state index contributed by atoms with van der Waals surface area (Å²) in [5.41, 5.74) is 2.85. The Morgan fingerprint density at radius 3 is 2.51 bits per heavy atom. The predicted molar refractivity (Wildman–Crippen MR) is 156 cm³/mol. The predicted octanol–water partition coefficient (Wildman–Crippen LogP) is 9.71. The molecule has 1 aromatic carbocycles. The van der Waals surface area contributed by atoms with Crippen molar-refractivity contribution in [3.63, 3.8) is 0 Å². The van der Waals surface area contributed by atoms with Crippen molar-refractivity contribution in [3.8, 4) is 0 Å². The second-order valence-electron chi connectivity index (χ2n) is 14.7. The van der Waals surface area contributed by atoms with Gasteiger partial charge in [-0.1, -0.05) is 83.7 Å². The largest absolute Gasteiger partial charge is 0.202 e. The van der Waals surface area contributed by atoms with E-state index >= 15 is 0 Å². The Kier molecular flexibility index (Phi) is 6.82. The fourth-order valence-electron chi connectivity index (χ4n) is 10.3. The van der Waals surface area contributed by atoms with Gasteiger partial charge in [0.25, 0.3) is 0 Å². The van der Waals surface area contributed by atoms with Crippen LogP contribution >= 0.6 is 0 Å². The van der Waals surface area contributed by atoms with Crippen LogP contribution in [0.1, 0.15) is 111 Å². The van der Waals surface area contributed by atoms with Crippen molar-refractivity contribution >= 4 is 10.8 Å². The van der Waals surface area contributed by atoms with Crippen LogP contribution in [-0.2, 0) is 0 Å². The molecule has 8 atom stereocenters. The van der Waals surface area contributed by atoms with E-state index in [9.17, 15) is 0 Å². The first-order valence-electron chi connectivity index (χ1n) is 15.9. The van der Waals surface area contributed by atoms with Gasteiger partial charge in [0, 0.05) is 24.3 Å². The maximum Gasteiger partial charge on any atom is 0.176 e. The fraction of sp³-hybridized carbons (Fsp3) is 0.694. The van der Waals surface area contributed by atoms with Crippen LogP contribution in [0.25, 0.3) is 10.8 Å². The minimum Gasteiger partial charge on any atom is -0.202 e. The lowest BCUT2D eigenvalue weighted by molar-refractivity contribution is -0.723. The molecule has 0 bridgehead atoms. The van der Waals surface area contributed by atoms with Crippen molar-refractivity contribution < 1.29 is 4.57 Å². The average molecular weight is 499 g/mol. The summed E-state index contributed by atoms with van der Waals surface area (Å²) in [6, 6.07) is 11.8. The highest BCUT2D eigenvalue weighted by molar-refractivity contribution is 5.80. The maximum atomic E-state index is 2.76. The second-order valence-corrected chi connectivity index (χ2v) is 14.7. The van der Waals surface area contributed by atoms with Gasteiger partial charge in [-0.3, -0.25) is 0 Å². The number of aromatic nitrogens is 1. The number of hydrogen-bond acceptors (Lipinski definition) is 0. The number of fused-ring (bicyclic) bond motifs is 6. The van der Waals surface area contributed by atoms with Gasteiger partial charge in [-0.15, -0.1) is 0 Å². The number of hydrogen-bond donors (Lipinski definition) is 0. The summed E-state index contributed by atoms with van der Waals surface area (Å²) in [5.74, 6) is 5.54. The van der Waals surface area contributed by atoms with E-state index in [1.807, 2.05) is 5.57 Å². The lowest BCUT2D eigenvalue weighted by Gasteiger charge is -2.58. The van der Waals surface area contributed by atoms with E-state index in [1.54, 1.807) is 0 Å². The molecule has 0 saturated heterocycles. The number of pyridine rings is 1.